The molecule has 12 heteroatoms. The zero-order valence-electron chi connectivity index (χ0n) is 51.8. The molecule has 466 valence electrons. The minimum absolute atomic E-state index is 0.165. The summed E-state index contributed by atoms with van der Waals surface area (Å²) in [6.45, 7) is 4.57. The van der Waals surface area contributed by atoms with Crippen molar-refractivity contribution < 1.29 is 52.2 Å². The maximum Gasteiger partial charge on any atom is 0.472 e. The van der Waals surface area contributed by atoms with Crippen LogP contribution in [0, 0.1) is 0 Å². The second kappa shape index (κ2) is 62.2. The third-order valence-corrected chi connectivity index (χ3v) is 15.3. The summed E-state index contributed by atoms with van der Waals surface area (Å²) in [6.07, 6.45) is 70.2. The number of aliphatic hydroxyl groups is 1. The van der Waals surface area contributed by atoms with Crippen LogP contribution in [0.5, 0.6) is 0 Å². The maximum atomic E-state index is 13.0. The van der Waals surface area contributed by atoms with Crippen LogP contribution in [0.1, 0.15) is 316 Å². The average Bonchev–Trinajstić information content (AvgIpc) is 3.45. The molecule has 0 rings (SSSR count). The molecule has 2 N–H and O–H groups in total. The summed E-state index contributed by atoms with van der Waals surface area (Å²) in [4.78, 5) is 48.8. The summed E-state index contributed by atoms with van der Waals surface area (Å²) in [5.41, 5.74) is 0. The topological polar surface area (TPSA) is 155 Å². The van der Waals surface area contributed by atoms with Gasteiger partial charge in [0.1, 0.15) is 12.7 Å². The molecule has 3 unspecified atom stereocenters. The molecule has 0 aromatic heterocycles. The van der Waals surface area contributed by atoms with Crippen molar-refractivity contribution >= 4 is 25.7 Å². The molecule has 0 aromatic carbocycles. The molecule has 0 aromatic rings. The Morgan fingerprint density at radius 1 is 0.362 bits per heavy atom. The highest BCUT2D eigenvalue weighted by Gasteiger charge is 2.28. The predicted molar refractivity (Wildman–Crippen MR) is 335 cm³/mol. The molecular weight excluding hydrogens is 1020 g/mol. The molecule has 0 spiro atoms. The fraction of sp³-hybridized carbons (Fsp3) is 0.809. The van der Waals surface area contributed by atoms with Gasteiger partial charge < -0.3 is 24.2 Å². The number of phosphoric ester groups is 1. The first-order valence-corrected chi connectivity index (χ1v) is 34.7. The highest BCUT2D eigenvalue weighted by atomic mass is 31.2. The van der Waals surface area contributed by atoms with Crippen LogP contribution in [-0.2, 0) is 42.2 Å². The summed E-state index contributed by atoms with van der Waals surface area (Å²) in [6, 6.07) is 0. The summed E-state index contributed by atoms with van der Waals surface area (Å²) in [7, 11) is -4.76. The van der Waals surface area contributed by atoms with E-state index in [1.165, 1.54) is 161 Å². The number of ether oxygens (including phenoxy) is 3. The van der Waals surface area contributed by atoms with Gasteiger partial charge in [0.05, 0.1) is 19.8 Å². The predicted octanol–water partition coefficient (Wildman–Crippen LogP) is 20.3. The monoisotopic (exact) mass is 1150 g/mol. The van der Waals surface area contributed by atoms with Crippen molar-refractivity contribution in [1.29, 1.82) is 0 Å². The molecule has 0 fully saturated rings. The van der Waals surface area contributed by atoms with Gasteiger partial charge in [0.2, 0.25) is 0 Å². The minimum Gasteiger partial charge on any atom is -0.462 e. The lowest BCUT2D eigenvalue weighted by Gasteiger charge is -2.21. The Balaban J connectivity index is 4.69. The van der Waals surface area contributed by atoms with E-state index in [1.54, 1.807) is 0 Å². The van der Waals surface area contributed by atoms with Crippen molar-refractivity contribution in [3.63, 3.8) is 0 Å². The van der Waals surface area contributed by atoms with Crippen molar-refractivity contribution in [2.45, 2.75) is 328 Å². The standard InChI is InChI=1S/C68H123O11P/c1-4-7-10-13-16-19-22-25-28-31-32-35-38-41-44-47-50-53-56-59-68(72)79-65(61-75-66(70)57-54-51-48-45-42-39-36-33-29-26-23-20-17-14-11-8-5-2)63-77-80(73,74)76-62-64(60-69)78-67(71)58-55-52-49-46-43-40-37-34-30-27-24-21-18-15-12-9-6-3/h9,12,18,21,25-30,64-65,69H,4-8,10-11,13-17,19-20,22-24,31-63H2,1-3H3,(H,73,74)/b12-9-,21-18-,28-25-,29-26-,30-27-. The fourth-order valence-electron chi connectivity index (χ4n) is 9.36. The highest BCUT2D eigenvalue weighted by Crippen LogP contribution is 2.43. The number of hydrogen-bond acceptors (Lipinski definition) is 10. The molecule has 0 bridgehead atoms. The van der Waals surface area contributed by atoms with Crippen LogP contribution in [0.2, 0.25) is 0 Å². The van der Waals surface area contributed by atoms with E-state index in [-0.39, 0.29) is 25.9 Å². The molecule has 0 saturated heterocycles. The van der Waals surface area contributed by atoms with Gasteiger partial charge in [0, 0.05) is 19.3 Å². The molecule has 80 heavy (non-hydrogen) atoms. The maximum absolute atomic E-state index is 13.0. The Morgan fingerprint density at radius 3 is 1.01 bits per heavy atom. The van der Waals surface area contributed by atoms with Crippen molar-refractivity contribution in [2.75, 3.05) is 26.4 Å². The molecule has 0 aliphatic rings. The molecule has 0 radical (unpaired) electrons. The summed E-state index contributed by atoms with van der Waals surface area (Å²) >= 11 is 0. The first kappa shape index (κ1) is 77.2. The van der Waals surface area contributed by atoms with Crippen molar-refractivity contribution in [3.8, 4) is 0 Å². The van der Waals surface area contributed by atoms with Gasteiger partial charge in [-0.15, -0.1) is 0 Å². The smallest absolute Gasteiger partial charge is 0.462 e. The van der Waals surface area contributed by atoms with E-state index >= 15 is 0 Å². The van der Waals surface area contributed by atoms with E-state index in [0.717, 1.165) is 96.3 Å². The average molecular weight is 1150 g/mol. The van der Waals surface area contributed by atoms with E-state index in [2.05, 4.69) is 81.5 Å². The fourth-order valence-corrected chi connectivity index (χ4v) is 10.1. The summed E-state index contributed by atoms with van der Waals surface area (Å²) in [5, 5.41) is 9.86. The zero-order chi connectivity index (χ0) is 58.3. The summed E-state index contributed by atoms with van der Waals surface area (Å²) in [5.74, 6) is -1.46. The van der Waals surface area contributed by atoms with Crippen molar-refractivity contribution in [3.05, 3.63) is 60.8 Å². The quantitative estimate of drug-likeness (QED) is 0.0197. The highest BCUT2D eigenvalue weighted by molar-refractivity contribution is 7.47. The van der Waals surface area contributed by atoms with Gasteiger partial charge in [-0.2, -0.15) is 0 Å². The second-order valence-electron chi connectivity index (χ2n) is 22.2. The number of aliphatic hydroxyl groups excluding tert-OH is 1. The van der Waals surface area contributed by atoms with Crippen LogP contribution >= 0.6 is 7.82 Å². The van der Waals surface area contributed by atoms with Crippen LogP contribution < -0.4 is 0 Å². The Morgan fingerprint density at radius 2 is 0.650 bits per heavy atom. The van der Waals surface area contributed by atoms with Gasteiger partial charge in [-0.05, 0) is 103 Å². The molecule has 0 aliphatic carbocycles. The van der Waals surface area contributed by atoms with E-state index < -0.39 is 57.8 Å². The van der Waals surface area contributed by atoms with E-state index in [0.29, 0.717) is 19.3 Å². The molecule has 11 nitrogen and oxygen atoms in total. The number of phosphoric acid groups is 1. The molecule has 0 saturated carbocycles. The Hall–Kier alpha value is -2.82. The van der Waals surface area contributed by atoms with Gasteiger partial charge >= 0.3 is 25.7 Å². The number of hydrogen-bond donors (Lipinski definition) is 2. The molecule has 3 atom stereocenters. The van der Waals surface area contributed by atoms with E-state index in [9.17, 15) is 28.9 Å². The number of allylic oxidation sites excluding steroid dienone is 10. The SMILES string of the molecule is CC/C=C\C/C=C\C/C=C\CCCCCCCCCC(=O)OC(CO)COP(=O)(O)OCC(COC(=O)CCCCCCCCC/C=C\CCCCCCCC)OC(=O)CCCCCCCCCCC/C=C\CCCCCCCC. The Bertz CT molecular complexity index is 1570. The lowest BCUT2D eigenvalue weighted by atomic mass is 10.1. The summed E-state index contributed by atoms with van der Waals surface area (Å²) < 4.78 is 39.7. The van der Waals surface area contributed by atoms with Crippen LogP contribution in [-0.4, -0.2) is 66.5 Å². The van der Waals surface area contributed by atoms with E-state index in [1.807, 2.05) is 0 Å². The molecule has 0 heterocycles. The number of esters is 3. The van der Waals surface area contributed by atoms with Crippen LogP contribution in [0.15, 0.2) is 60.8 Å². The number of carbonyl (C=O) groups excluding carboxylic acids is 3. The third-order valence-electron chi connectivity index (χ3n) is 14.4. The number of unbranched alkanes of at least 4 members (excludes halogenated alkanes) is 35. The normalized spacial score (nSPS) is 13.6. The van der Waals surface area contributed by atoms with Crippen LogP contribution in [0.4, 0.5) is 0 Å². The van der Waals surface area contributed by atoms with Crippen LogP contribution in [0.25, 0.3) is 0 Å². The first-order valence-electron chi connectivity index (χ1n) is 33.2. The van der Waals surface area contributed by atoms with Gasteiger partial charge in [0.15, 0.2) is 6.10 Å². The zero-order valence-corrected chi connectivity index (χ0v) is 52.7. The molecule has 0 amide bonds. The largest absolute Gasteiger partial charge is 0.472 e. The minimum atomic E-state index is -4.76. The Labute approximate surface area is 491 Å². The molecular formula is C68H123O11P. The third kappa shape index (κ3) is 59.8. The lowest BCUT2D eigenvalue weighted by Crippen LogP contribution is -2.30. The van der Waals surface area contributed by atoms with E-state index in [4.69, 9.17) is 23.3 Å². The van der Waals surface area contributed by atoms with Gasteiger partial charge in [-0.1, -0.05) is 255 Å². The van der Waals surface area contributed by atoms with Crippen LogP contribution in [0.3, 0.4) is 0 Å². The van der Waals surface area contributed by atoms with Crippen molar-refractivity contribution in [2.24, 2.45) is 0 Å². The number of rotatable bonds is 62. The lowest BCUT2D eigenvalue weighted by molar-refractivity contribution is -0.161. The van der Waals surface area contributed by atoms with Gasteiger partial charge in [-0.25, -0.2) is 4.57 Å². The Kier molecular flexibility index (Phi) is 60.0. The van der Waals surface area contributed by atoms with Crippen molar-refractivity contribution in [1.82, 2.24) is 0 Å². The number of carbonyl (C=O) groups is 3. The van der Waals surface area contributed by atoms with Gasteiger partial charge in [-0.3, -0.25) is 23.4 Å². The van der Waals surface area contributed by atoms with Gasteiger partial charge in [0.25, 0.3) is 0 Å². The first-order chi connectivity index (χ1) is 39.2. The second-order valence-corrected chi connectivity index (χ2v) is 23.7. The molecule has 0 aliphatic heterocycles.